The summed E-state index contributed by atoms with van der Waals surface area (Å²) in [5.41, 5.74) is 3.97. The second kappa shape index (κ2) is 7.24. The van der Waals surface area contributed by atoms with Crippen LogP contribution < -0.4 is 5.32 Å². The Balaban J connectivity index is 1.58. The largest absolute Gasteiger partial charge is 0.364 e. The van der Waals surface area contributed by atoms with Crippen molar-refractivity contribution in [2.75, 3.05) is 0 Å². The van der Waals surface area contributed by atoms with Crippen LogP contribution >= 0.6 is 11.3 Å². The van der Waals surface area contributed by atoms with E-state index in [2.05, 4.69) is 16.5 Å². The summed E-state index contributed by atoms with van der Waals surface area (Å²) in [6.45, 7) is 2.63. The highest BCUT2D eigenvalue weighted by Gasteiger charge is 2.12. The topological polar surface area (TPSA) is 55.1 Å². The number of aromatic nitrogens is 1. The van der Waals surface area contributed by atoms with E-state index in [0.717, 1.165) is 21.7 Å². The normalized spacial score (nSPS) is 10.7. The van der Waals surface area contributed by atoms with Gasteiger partial charge in [-0.15, -0.1) is 11.3 Å². The molecule has 0 unspecified atom stereocenters. The van der Waals surface area contributed by atoms with E-state index in [-0.39, 0.29) is 5.91 Å². The minimum absolute atomic E-state index is 0.0368. The molecule has 5 heteroatoms. The van der Waals surface area contributed by atoms with Crippen LogP contribution in [-0.2, 0) is 17.8 Å². The lowest BCUT2D eigenvalue weighted by Crippen LogP contribution is -2.22. The first-order valence-electron chi connectivity index (χ1n) is 7.52. The summed E-state index contributed by atoms with van der Waals surface area (Å²) in [6, 6.07) is 12.1. The molecule has 0 bridgehead atoms. The number of nitrogens with zero attached hydrogens (tertiary/aromatic N) is 1. The molecule has 0 atom stereocenters. The monoisotopic (exact) mass is 326 g/mol. The molecule has 0 spiro atoms. The van der Waals surface area contributed by atoms with Gasteiger partial charge in [0.2, 0.25) is 5.91 Å². The Morgan fingerprint density at radius 3 is 3.00 bits per heavy atom. The van der Waals surface area contributed by atoms with Gasteiger partial charge in [0.05, 0.1) is 6.54 Å². The first-order valence-corrected chi connectivity index (χ1v) is 8.40. The third kappa shape index (κ3) is 4.07. The van der Waals surface area contributed by atoms with Crippen molar-refractivity contribution in [3.63, 3.8) is 0 Å². The third-order valence-corrected chi connectivity index (χ3v) is 4.47. The first-order chi connectivity index (χ1) is 11.2. The molecule has 4 nitrogen and oxygen atoms in total. The zero-order valence-corrected chi connectivity index (χ0v) is 13.7. The van der Waals surface area contributed by atoms with Crippen molar-refractivity contribution >= 4 is 17.2 Å². The first kappa shape index (κ1) is 15.5. The molecule has 3 rings (SSSR count). The van der Waals surface area contributed by atoms with Crippen LogP contribution in [-0.4, -0.2) is 11.1 Å². The van der Waals surface area contributed by atoms with E-state index >= 15 is 0 Å². The van der Waals surface area contributed by atoms with Crippen molar-refractivity contribution < 1.29 is 9.32 Å². The van der Waals surface area contributed by atoms with Crippen molar-refractivity contribution in [2.24, 2.45) is 0 Å². The van der Waals surface area contributed by atoms with Crippen LogP contribution in [0.4, 0.5) is 0 Å². The Bertz CT molecular complexity index is 778. The van der Waals surface area contributed by atoms with Gasteiger partial charge in [-0.1, -0.05) is 35.0 Å². The van der Waals surface area contributed by atoms with E-state index in [0.29, 0.717) is 19.4 Å². The van der Waals surface area contributed by atoms with E-state index in [4.69, 9.17) is 4.52 Å². The molecule has 2 heterocycles. The highest BCUT2D eigenvalue weighted by Crippen LogP contribution is 2.24. The summed E-state index contributed by atoms with van der Waals surface area (Å²) in [5.74, 6) is 0.0368. The molecule has 0 aliphatic rings. The maximum absolute atomic E-state index is 12.0. The van der Waals surface area contributed by atoms with Crippen molar-refractivity contribution in [1.29, 1.82) is 0 Å². The predicted molar refractivity (Wildman–Crippen MR) is 91.2 cm³/mol. The standard InChI is InChI=1S/C18H18N2O2S/c1-13-4-2-5-14(10-13)18-15(12-22-20-18)7-8-17(21)19-11-16-6-3-9-23-16/h2-6,9-10,12H,7-8,11H2,1H3,(H,19,21). The third-order valence-electron chi connectivity index (χ3n) is 3.60. The number of nitrogens with one attached hydrogen (secondary N) is 1. The Kier molecular flexibility index (Phi) is 4.88. The summed E-state index contributed by atoms with van der Waals surface area (Å²) in [5, 5.41) is 9.03. The van der Waals surface area contributed by atoms with Gasteiger partial charge in [0, 0.05) is 22.4 Å². The zero-order valence-electron chi connectivity index (χ0n) is 12.9. The molecule has 23 heavy (non-hydrogen) atoms. The molecule has 2 aromatic heterocycles. The van der Waals surface area contributed by atoms with Gasteiger partial charge in [-0.2, -0.15) is 0 Å². The lowest BCUT2D eigenvalue weighted by molar-refractivity contribution is -0.121. The highest BCUT2D eigenvalue weighted by atomic mass is 32.1. The number of hydrogen-bond donors (Lipinski definition) is 1. The molecule has 1 amide bonds. The van der Waals surface area contributed by atoms with Crippen molar-refractivity contribution in [3.8, 4) is 11.3 Å². The van der Waals surface area contributed by atoms with Crippen molar-refractivity contribution in [2.45, 2.75) is 26.3 Å². The van der Waals surface area contributed by atoms with Crippen LogP contribution in [0.15, 0.2) is 52.6 Å². The second-order valence-corrected chi connectivity index (χ2v) is 6.45. The minimum atomic E-state index is 0.0368. The predicted octanol–water partition coefficient (Wildman–Crippen LogP) is 3.96. The summed E-state index contributed by atoms with van der Waals surface area (Å²) in [7, 11) is 0. The smallest absolute Gasteiger partial charge is 0.220 e. The molecule has 118 valence electrons. The number of carbonyl (C=O) groups is 1. The average molecular weight is 326 g/mol. The van der Waals surface area contributed by atoms with Gasteiger partial charge in [0.1, 0.15) is 12.0 Å². The van der Waals surface area contributed by atoms with Crippen LogP contribution in [0.25, 0.3) is 11.3 Å². The molecule has 1 aromatic carbocycles. The van der Waals surface area contributed by atoms with Gasteiger partial charge in [0.15, 0.2) is 0 Å². The lowest BCUT2D eigenvalue weighted by Gasteiger charge is -2.04. The molecule has 0 radical (unpaired) electrons. The molecule has 0 saturated carbocycles. The fourth-order valence-corrected chi connectivity index (χ4v) is 3.04. The Hall–Kier alpha value is -2.40. The fourth-order valence-electron chi connectivity index (χ4n) is 2.40. The van der Waals surface area contributed by atoms with Crippen LogP contribution in [0, 0.1) is 6.92 Å². The summed E-state index contributed by atoms with van der Waals surface area (Å²) < 4.78 is 5.11. The quantitative estimate of drug-likeness (QED) is 0.746. The second-order valence-electron chi connectivity index (χ2n) is 5.41. The molecule has 0 saturated heterocycles. The molecule has 3 aromatic rings. The number of benzene rings is 1. The Morgan fingerprint density at radius 2 is 2.22 bits per heavy atom. The number of carbonyl (C=O) groups excluding carboxylic acids is 1. The molecular weight excluding hydrogens is 308 g/mol. The maximum Gasteiger partial charge on any atom is 0.220 e. The highest BCUT2D eigenvalue weighted by molar-refractivity contribution is 7.09. The van der Waals surface area contributed by atoms with E-state index in [1.54, 1.807) is 17.6 Å². The molecule has 0 fully saturated rings. The zero-order chi connectivity index (χ0) is 16.1. The number of aryl methyl sites for hydroxylation is 2. The van der Waals surface area contributed by atoms with Gasteiger partial charge in [-0.3, -0.25) is 4.79 Å². The molecule has 0 aliphatic carbocycles. The number of thiophene rings is 1. The Morgan fingerprint density at radius 1 is 1.30 bits per heavy atom. The molecule has 0 aliphatic heterocycles. The number of amides is 1. The molecule has 1 N–H and O–H groups in total. The van der Waals surface area contributed by atoms with Crippen LogP contribution in [0.1, 0.15) is 22.4 Å². The van der Waals surface area contributed by atoms with E-state index in [9.17, 15) is 4.79 Å². The SMILES string of the molecule is Cc1cccc(-c2nocc2CCC(=O)NCc2cccs2)c1. The van der Waals surface area contributed by atoms with Crippen LogP contribution in [0.3, 0.4) is 0 Å². The van der Waals surface area contributed by atoms with Crippen LogP contribution in [0.2, 0.25) is 0 Å². The van der Waals surface area contributed by atoms with Crippen LogP contribution in [0.5, 0.6) is 0 Å². The number of rotatable bonds is 6. The number of hydrogen-bond acceptors (Lipinski definition) is 4. The summed E-state index contributed by atoms with van der Waals surface area (Å²) in [4.78, 5) is 13.1. The Labute approximate surface area is 139 Å². The maximum atomic E-state index is 12.0. The fraction of sp³-hybridized carbons (Fsp3) is 0.222. The minimum Gasteiger partial charge on any atom is -0.364 e. The van der Waals surface area contributed by atoms with Gasteiger partial charge < -0.3 is 9.84 Å². The summed E-state index contributed by atoms with van der Waals surface area (Å²) >= 11 is 1.64. The summed E-state index contributed by atoms with van der Waals surface area (Å²) in [6.07, 6.45) is 2.67. The van der Waals surface area contributed by atoms with Gasteiger partial charge in [-0.05, 0) is 30.9 Å². The van der Waals surface area contributed by atoms with Gasteiger partial charge in [0.25, 0.3) is 0 Å². The van der Waals surface area contributed by atoms with E-state index in [1.807, 2.05) is 42.6 Å². The van der Waals surface area contributed by atoms with Crippen molar-refractivity contribution in [1.82, 2.24) is 10.5 Å². The van der Waals surface area contributed by atoms with E-state index < -0.39 is 0 Å². The lowest BCUT2D eigenvalue weighted by atomic mass is 10.0. The van der Waals surface area contributed by atoms with Gasteiger partial charge in [-0.25, -0.2) is 0 Å². The average Bonchev–Trinajstić information content (AvgIpc) is 3.22. The van der Waals surface area contributed by atoms with E-state index in [1.165, 1.54) is 5.56 Å². The van der Waals surface area contributed by atoms with Gasteiger partial charge >= 0.3 is 0 Å². The molecular formula is C18H18N2O2S. The van der Waals surface area contributed by atoms with Crippen molar-refractivity contribution in [3.05, 3.63) is 64.0 Å².